The van der Waals surface area contributed by atoms with Crippen LogP contribution in [-0.4, -0.2) is 10.9 Å². The summed E-state index contributed by atoms with van der Waals surface area (Å²) in [4.78, 5) is 15.8. The van der Waals surface area contributed by atoms with Gasteiger partial charge in [-0.25, -0.2) is 9.37 Å². The molecule has 0 radical (unpaired) electrons. The number of nitrogens with zero attached hydrogens (tertiary/aromatic N) is 1. The minimum Gasteiger partial charge on any atom is -0.397 e. The molecule has 0 aliphatic carbocycles. The van der Waals surface area contributed by atoms with E-state index >= 15 is 0 Å². The number of rotatable bonds is 2. The number of hydrogen-bond acceptors (Lipinski definition) is 3. The Morgan fingerprint density at radius 2 is 2.00 bits per heavy atom. The molecule has 5 heteroatoms. The fraction of sp³-hybridized carbons (Fsp3) is 0.0769. The number of nitrogens with two attached hydrogens (primary N) is 1. The van der Waals surface area contributed by atoms with Crippen molar-refractivity contribution in [2.75, 3.05) is 11.1 Å². The number of nitrogens with one attached hydrogen (secondary N) is 1. The molecule has 1 heterocycles. The number of hydrogen-bond donors (Lipinski definition) is 2. The summed E-state index contributed by atoms with van der Waals surface area (Å²) in [5.74, 6) is -0.310. The Balaban J connectivity index is 2.16. The highest BCUT2D eigenvalue weighted by Gasteiger charge is 2.07. The van der Waals surface area contributed by atoms with Crippen LogP contribution in [0.4, 0.5) is 15.9 Å². The summed E-state index contributed by atoms with van der Waals surface area (Å²) in [7, 11) is 0. The summed E-state index contributed by atoms with van der Waals surface area (Å²) < 4.78 is 12.7. The second-order valence-corrected chi connectivity index (χ2v) is 3.89. The first-order valence-corrected chi connectivity index (χ1v) is 5.35. The quantitative estimate of drug-likeness (QED) is 0.853. The number of carbonyl (C=O) groups excluding carboxylic acids is 1. The lowest BCUT2D eigenvalue weighted by molar-refractivity contribution is 0.102. The minimum atomic E-state index is -0.381. The van der Waals surface area contributed by atoms with Gasteiger partial charge in [-0.05, 0) is 42.8 Å². The standard InChI is InChI=1S/C13H12FN3O/c1-8-6-12(16-7-11(8)15)17-13(18)9-2-4-10(14)5-3-9/h2-7H,15H2,1H3,(H,16,17,18). The highest BCUT2D eigenvalue weighted by molar-refractivity contribution is 6.03. The van der Waals surface area contributed by atoms with Crippen LogP contribution in [0.3, 0.4) is 0 Å². The van der Waals surface area contributed by atoms with Gasteiger partial charge in [0.15, 0.2) is 0 Å². The molecule has 92 valence electrons. The van der Waals surface area contributed by atoms with Crippen molar-refractivity contribution < 1.29 is 9.18 Å². The van der Waals surface area contributed by atoms with Gasteiger partial charge in [0.2, 0.25) is 0 Å². The lowest BCUT2D eigenvalue weighted by Gasteiger charge is -2.06. The molecular weight excluding hydrogens is 233 g/mol. The van der Waals surface area contributed by atoms with Crippen LogP contribution in [0, 0.1) is 12.7 Å². The molecule has 0 aliphatic rings. The predicted molar refractivity (Wildman–Crippen MR) is 67.7 cm³/mol. The molecule has 18 heavy (non-hydrogen) atoms. The fourth-order valence-electron chi connectivity index (χ4n) is 1.42. The number of nitrogen functional groups attached to an aromatic ring is 1. The van der Waals surface area contributed by atoms with Gasteiger partial charge in [0.25, 0.3) is 5.91 Å². The molecule has 1 aromatic heterocycles. The van der Waals surface area contributed by atoms with Gasteiger partial charge in [0.1, 0.15) is 11.6 Å². The number of aryl methyl sites for hydroxylation is 1. The molecule has 4 nitrogen and oxygen atoms in total. The Labute approximate surface area is 104 Å². The highest BCUT2D eigenvalue weighted by Crippen LogP contribution is 2.14. The molecule has 2 aromatic rings. The van der Waals surface area contributed by atoms with Crippen LogP contribution in [0.2, 0.25) is 0 Å². The molecule has 0 bridgehead atoms. The number of anilines is 2. The summed E-state index contributed by atoms with van der Waals surface area (Å²) in [6, 6.07) is 6.97. The second-order valence-electron chi connectivity index (χ2n) is 3.89. The van der Waals surface area contributed by atoms with Crippen LogP contribution in [-0.2, 0) is 0 Å². The largest absolute Gasteiger partial charge is 0.397 e. The van der Waals surface area contributed by atoms with Crippen molar-refractivity contribution in [3.8, 4) is 0 Å². The zero-order valence-corrected chi connectivity index (χ0v) is 9.77. The lowest BCUT2D eigenvalue weighted by atomic mass is 10.2. The van der Waals surface area contributed by atoms with E-state index in [0.29, 0.717) is 17.1 Å². The maximum atomic E-state index is 12.7. The summed E-state index contributed by atoms with van der Waals surface area (Å²) in [5, 5.41) is 2.62. The highest BCUT2D eigenvalue weighted by atomic mass is 19.1. The number of aromatic nitrogens is 1. The molecule has 2 rings (SSSR count). The predicted octanol–water partition coefficient (Wildman–Crippen LogP) is 2.36. The smallest absolute Gasteiger partial charge is 0.256 e. The van der Waals surface area contributed by atoms with Gasteiger partial charge >= 0.3 is 0 Å². The molecule has 0 aliphatic heterocycles. The first kappa shape index (κ1) is 12.0. The lowest BCUT2D eigenvalue weighted by Crippen LogP contribution is -2.13. The Bertz CT molecular complexity index is 581. The Morgan fingerprint density at radius 1 is 1.33 bits per heavy atom. The van der Waals surface area contributed by atoms with Crippen molar-refractivity contribution in [2.24, 2.45) is 0 Å². The topological polar surface area (TPSA) is 68.0 Å². The van der Waals surface area contributed by atoms with Crippen molar-refractivity contribution in [2.45, 2.75) is 6.92 Å². The molecule has 0 saturated carbocycles. The first-order chi connectivity index (χ1) is 8.56. The summed E-state index contributed by atoms with van der Waals surface area (Å²) in [5.41, 5.74) is 7.40. The number of halogens is 1. The van der Waals surface area contributed by atoms with Gasteiger partial charge in [-0.3, -0.25) is 4.79 Å². The number of amides is 1. The minimum absolute atomic E-state index is 0.341. The molecule has 0 saturated heterocycles. The third-order valence-electron chi connectivity index (χ3n) is 2.50. The summed E-state index contributed by atoms with van der Waals surface area (Å²) >= 11 is 0. The van der Waals surface area contributed by atoms with Crippen LogP contribution >= 0.6 is 0 Å². The molecule has 1 aromatic carbocycles. The zero-order chi connectivity index (χ0) is 13.1. The van der Waals surface area contributed by atoms with E-state index in [-0.39, 0.29) is 11.7 Å². The van der Waals surface area contributed by atoms with Gasteiger partial charge in [-0.15, -0.1) is 0 Å². The van der Waals surface area contributed by atoms with Crippen molar-refractivity contribution >= 4 is 17.4 Å². The molecular formula is C13H12FN3O. The first-order valence-electron chi connectivity index (χ1n) is 5.35. The Kier molecular flexibility index (Phi) is 3.23. The molecule has 0 fully saturated rings. The second kappa shape index (κ2) is 4.83. The molecule has 0 spiro atoms. The molecule has 1 amide bonds. The monoisotopic (exact) mass is 245 g/mol. The van der Waals surface area contributed by atoms with E-state index in [2.05, 4.69) is 10.3 Å². The van der Waals surface area contributed by atoms with Gasteiger partial charge in [0, 0.05) is 5.56 Å². The van der Waals surface area contributed by atoms with Crippen molar-refractivity contribution in [3.05, 3.63) is 53.5 Å². The zero-order valence-electron chi connectivity index (χ0n) is 9.77. The van der Waals surface area contributed by atoms with Gasteiger partial charge in [-0.2, -0.15) is 0 Å². The maximum absolute atomic E-state index is 12.7. The Morgan fingerprint density at radius 3 is 2.61 bits per heavy atom. The average Bonchev–Trinajstić information content (AvgIpc) is 2.34. The van der Waals surface area contributed by atoms with E-state index in [1.54, 1.807) is 6.07 Å². The van der Waals surface area contributed by atoms with E-state index in [9.17, 15) is 9.18 Å². The summed E-state index contributed by atoms with van der Waals surface area (Å²) in [6.07, 6.45) is 1.48. The van der Waals surface area contributed by atoms with Gasteiger partial charge in [0.05, 0.1) is 11.9 Å². The Hall–Kier alpha value is -2.43. The van der Waals surface area contributed by atoms with Crippen molar-refractivity contribution in [3.63, 3.8) is 0 Å². The molecule has 0 atom stereocenters. The summed E-state index contributed by atoms with van der Waals surface area (Å²) in [6.45, 7) is 1.82. The average molecular weight is 245 g/mol. The third kappa shape index (κ3) is 2.63. The van der Waals surface area contributed by atoms with Crippen LogP contribution in [0.5, 0.6) is 0 Å². The van der Waals surface area contributed by atoms with Crippen LogP contribution < -0.4 is 11.1 Å². The number of benzene rings is 1. The SMILES string of the molecule is Cc1cc(NC(=O)c2ccc(F)cc2)ncc1N. The molecule has 3 N–H and O–H groups in total. The maximum Gasteiger partial charge on any atom is 0.256 e. The fourth-order valence-corrected chi connectivity index (χ4v) is 1.42. The number of pyridine rings is 1. The van der Waals surface area contributed by atoms with Crippen molar-refractivity contribution in [1.82, 2.24) is 4.98 Å². The normalized spacial score (nSPS) is 10.1. The van der Waals surface area contributed by atoms with Crippen LogP contribution in [0.1, 0.15) is 15.9 Å². The van der Waals surface area contributed by atoms with E-state index < -0.39 is 0 Å². The van der Waals surface area contributed by atoms with Gasteiger partial charge in [-0.1, -0.05) is 0 Å². The van der Waals surface area contributed by atoms with Gasteiger partial charge < -0.3 is 11.1 Å². The van der Waals surface area contributed by atoms with E-state index in [4.69, 9.17) is 5.73 Å². The van der Waals surface area contributed by atoms with Crippen molar-refractivity contribution in [1.29, 1.82) is 0 Å². The van der Waals surface area contributed by atoms with E-state index in [1.807, 2.05) is 6.92 Å². The van der Waals surface area contributed by atoms with Crippen LogP contribution in [0.25, 0.3) is 0 Å². The number of carbonyl (C=O) groups is 1. The third-order valence-corrected chi connectivity index (χ3v) is 2.50. The van der Waals surface area contributed by atoms with E-state index in [1.165, 1.54) is 30.5 Å². The van der Waals surface area contributed by atoms with Crippen LogP contribution in [0.15, 0.2) is 36.5 Å². The van der Waals surface area contributed by atoms with E-state index in [0.717, 1.165) is 5.56 Å². The molecule has 0 unspecified atom stereocenters.